The number of carboxylic acid groups (broad SMARTS) is 1. The number of alkyl halides is 3. The number of aromatic carboxylic acids is 1. The molecule has 2 amide bonds. The van der Waals surface area contributed by atoms with Gasteiger partial charge < -0.3 is 15.7 Å². The monoisotopic (exact) mass is 286 g/mol. The molecule has 0 heterocycles. The molecule has 5 nitrogen and oxygen atoms in total. The highest BCUT2D eigenvalue weighted by atomic mass is 19.4. The molecule has 0 bridgehead atoms. The van der Waals surface area contributed by atoms with Crippen molar-refractivity contribution in [3.05, 3.63) is 29.3 Å². The van der Waals surface area contributed by atoms with Crippen LogP contribution in [0.3, 0.4) is 0 Å². The summed E-state index contributed by atoms with van der Waals surface area (Å²) >= 11 is 0. The van der Waals surface area contributed by atoms with Crippen LogP contribution in [-0.4, -0.2) is 23.7 Å². The zero-order valence-electron chi connectivity index (χ0n) is 9.91. The van der Waals surface area contributed by atoms with E-state index in [4.69, 9.17) is 11.5 Å². The second-order valence-electron chi connectivity index (χ2n) is 3.58. The highest BCUT2D eigenvalue weighted by Crippen LogP contribution is 2.32. The van der Waals surface area contributed by atoms with Crippen molar-refractivity contribution < 1.29 is 27.9 Å². The fraction of sp³-hybridized carbons (Fsp3) is 0.167. The first-order valence-electron chi connectivity index (χ1n) is 5.18. The Morgan fingerprint density at radius 3 is 2.50 bits per heavy atom. The number of benzene rings is 1. The number of amides is 2. The molecule has 0 aliphatic rings. The van der Waals surface area contributed by atoms with Gasteiger partial charge in [-0.2, -0.15) is 13.2 Å². The third-order valence-corrected chi connectivity index (χ3v) is 2.18. The lowest BCUT2D eigenvalue weighted by Gasteiger charge is -2.12. The number of urea groups is 1. The Morgan fingerprint density at radius 2 is 2.00 bits per heavy atom. The van der Waals surface area contributed by atoms with Crippen LogP contribution in [0.1, 0.15) is 15.9 Å². The minimum absolute atomic E-state index is 0.146. The summed E-state index contributed by atoms with van der Waals surface area (Å²) in [6.07, 6.45) is 0.244. The predicted molar refractivity (Wildman–Crippen MR) is 64.3 cm³/mol. The maximum atomic E-state index is 12.5. The molecule has 0 saturated heterocycles. The quantitative estimate of drug-likeness (QED) is 0.745. The minimum Gasteiger partial charge on any atom is -0.478 e. The summed E-state index contributed by atoms with van der Waals surface area (Å²) in [6, 6.07) is 1.03. The van der Waals surface area contributed by atoms with Gasteiger partial charge in [0.25, 0.3) is 0 Å². The van der Waals surface area contributed by atoms with Gasteiger partial charge >= 0.3 is 18.2 Å². The van der Waals surface area contributed by atoms with Gasteiger partial charge in [0, 0.05) is 0 Å². The topological polar surface area (TPSA) is 78.4 Å². The van der Waals surface area contributed by atoms with E-state index < -0.39 is 35.0 Å². The first-order valence-corrected chi connectivity index (χ1v) is 5.18. The molecule has 20 heavy (non-hydrogen) atoms. The van der Waals surface area contributed by atoms with Gasteiger partial charge in [-0.25, -0.2) is 9.59 Å². The molecule has 0 radical (unpaired) electrons. The van der Waals surface area contributed by atoms with Gasteiger partial charge in [-0.3, -0.25) is 0 Å². The van der Waals surface area contributed by atoms with E-state index >= 15 is 0 Å². The number of hydrogen-bond acceptors (Lipinski definition) is 2. The van der Waals surface area contributed by atoms with Gasteiger partial charge in [-0.1, -0.05) is 5.92 Å². The lowest BCUT2D eigenvalue weighted by atomic mass is 10.1. The molecule has 0 atom stereocenters. The van der Waals surface area contributed by atoms with Gasteiger partial charge in [0.1, 0.15) is 0 Å². The molecule has 106 valence electrons. The lowest BCUT2D eigenvalue weighted by Crippen LogP contribution is -2.29. The molecule has 0 spiro atoms. The molecule has 1 rings (SSSR count). The third kappa shape index (κ3) is 3.91. The van der Waals surface area contributed by atoms with E-state index in [1.807, 2.05) is 5.32 Å². The van der Waals surface area contributed by atoms with E-state index in [1.54, 1.807) is 0 Å². The van der Waals surface area contributed by atoms with Crippen LogP contribution in [0.15, 0.2) is 18.2 Å². The summed E-state index contributed by atoms with van der Waals surface area (Å²) in [4.78, 5) is 22.2. The van der Waals surface area contributed by atoms with E-state index in [1.165, 1.54) is 0 Å². The van der Waals surface area contributed by atoms with Crippen LogP contribution in [0.25, 0.3) is 0 Å². The zero-order chi connectivity index (χ0) is 15.3. The van der Waals surface area contributed by atoms with Crippen LogP contribution < -0.4 is 10.6 Å². The Hall–Kier alpha value is -2.69. The number of carbonyl (C=O) groups is 2. The summed E-state index contributed by atoms with van der Waals surface area (Å²) in [5, 5.41) is 13.0. The molecular formula is C12H9F3N2O3. The number of terminal acetylenes is 1. The summed E-state index contributed by atoms with van der Waals surface area (Å²) in [5.41, 5.74) is -2.01. The van der Waals surface area contributed by atoms with Gasteiger partial charge in [-0.05, 0) is 18.2 Å². The summed E-state index contributed by atoms with van der Waals surface area (Å²) in [7, 11) is 0. The molecule has 0 saturated carbocycles. The maximum absolute atomic E-state index is 12.5. The van der Waals surface area contributed by atoms with Gasteiger partial charge in [0.15, 0.2) is 0 Å². The molecule has 0 fully saturated rings. The van der Waals surface area contributed by atoms with Crippen molar-refractivity contribution in [1.29, 1.82) is 0 Å². The Kier molecular flexibility index (Phi) is 4.59. The summed E-state index contributed by atoms with van der Waals surface area (Å²) < 4.78 is 37.6. The standard InChI is InChI=1S/C12H9F3N2O3/c1-2-5-16-11(20)17-9-6-7(12(13,14)15)3-4-8(9)10(18)19/h1,3-4,6H,5H2,(H,18,19)(H2,16,17,20). The zero-order valence-corrected chi connectivity index (χ0v) is 9.91. The van der Waals surface area contributed by atoms with Crippen molar-refractivity contribution >= 4 is 17.7 Å². The first kappa shape index (κ1) is 15.4. The second-order valence-corrected chi connectivity index (χ2v) is 3.58. The van der Waals surface area contributed by atoms with Crippen LogP contribution in [-0.2, 0) is 6.18 Å². The van der Waals surface area contributed by atoms with Crippen LogP contribution in [0, 0.1) is 12.3 Å². The van der Waals surface area contributed by atoms with Crippen molar-refractivity contribution in [2.75, 3.05) is 11.9 Å². The van der Waals surface area contributed by atoms with E-state index in [0.29, 0.717) is 12.1 Å². The Labute approximate surface area is 111 Å². The van der Waals surface area contributed by atoms with Crippen molar-refractivity contribution in [2.24, 2.45) is 0 Å². The fourth-order valence-electron chi connectivity index (χ4n) is 1.31. The lowest BCUT2D eigenvalue weighted by molar-refractivity contribution is -0.137. The van der Waals surface area contributed by atoms with Crippen LogP contribution >= 0.6 is 0 Å². The van der Waals surface area contributed by atoms with Crippen molar-refractivity contribution in [3.63, 3.8) is 0 Å². The largest absolute Gasteiger partial charge is 0.478 e. The normalized spacial score (nSPS) is 10.5. The number of hydrogen-bond donors (Lipinski definition) is 3. The number of anilines is 1. The van der Waals surface area contributed by atoms with Crippen molar-refractivity contribution in [1.82, 2.24) is 5.32 Å². The number of carboxylic acids is 1. The molecule has 0 unspecified atom stereocenters. The number of carbonyl (C=O) groups excluding carboxylic acids is 1. The van der Waals surface area contributed by atoms with Gasteiger partial charge in [0.2, 0.25) is 0 Å². The molecular weight excluding hydrogens is 277 g/mol. The third-order valence-electron chi connectivity index (χ3n) is 2.18. The van der Waals surface area contributed by atoms with E-state index in [-0.39, 0.29) is 6.54 Å². The maximum Gasteiger partial charge on any atom is 0.416 e. The van der Waals surface area contributed by atoms with Crippen LogP contribution in [0.4, 0.5) is 23.7 Å². The van der Waals surface area contributed by atoms with Crippen molar-refractivity contribution in [3.8, 4) is 12.3 Å². The molecule has 8 heteroatoms. The number of halogens is 3. The number of rotatable bonds is 3. The Morgan fingerprint density at radius 1 is 1.35 bits per heavy atom. The predicted octanol–water partition coefficient (Wildman–Crippen LogP) is 2.16. The second kappa shape index (κ2) is 5.97. The fourth-order valence-corrected chi connectivity index (χ4v) is 1.31. The molecule has 0 aromatic heterocycles. The van der Waals surface area contributed by atoms with Gasteiger partial charge in [0.05, 0.1) is 23.4 Å². The molecule has 3 N–H and O–H groups in total. The average molecular weight is 286 g/mol. The molecule has 1 aromatic carbocycles. The highest BCUT2D eigenvalue weighted by molar-refractivity contribution is 6.00. The van der Waals surface area contributed by atoms with Crippen molar-refractivity contribution in [2.45, 2.75) is 6.18 Å². The smallest absolute Gasteiger partial charge is 0.416 e. The Balaban J connectivity index is 3.10. The average Bonchev–Trinajstić information content (AvgIpc) is 2.34. The molecule has 0 aliphatic heterocycles. The highest BCUT2D eigenvalue weighted by Gasteiger charge is 2.31. The van der Waals surface area contributed by atoms with Gasteiger partial charge in [-0.15, -0.1) is 6.42 Å². The summed E-state index contributed by atoms with van der Waals surface area (Å²) in [5.74, 6) is 0.622. The van der Waals surface area contributed by atoms with E-state index in [9.17, 15) is 22.8 Å². The molecule has 1 aromatic rings. The summed E-state index contributed by atoms with van der Waals surface area (Å²) in [6.45, 7) is -0.146. The van der Waals surface area contributed by atoms with Crippen LogP contribution in [0.2, 0.25) is 0 Å². The SMILES string of the molecule is C#CCNC(=O)Nc1cc(C(F)(F)F)ccc1C(=O)O. The van der Waals surface area contributed by atoms with E-state index in [2.05, 4.69) is 11.2 Å². The number of nitrogens with one attached hydrogen (secondary N) is 2. The van der Waals surface area contributed by atoms with E-state index in [0.717, 1.165) is 6.07 Å². The van der Waals surface area contributed by atoms with Crippen LogP contribution in [0.5, 0.6) is 0 Å². The Bertz CT molecular complexity index is 576. The minimum atomic E-state index is -4.65. The first-order chi connectivity index (χ1) is 9.25. The molecule has 0 aliphatic carbocycles.